The highest BCUT2D eigenvalue weighted by atomic mass is 35.6. The minimum Gasteiger partial charge on any atom is -0.439 e. The fourth-order valence-corrected chi connectivity index (χ4v) is 2.70. The van der Waals surface area contributed by atoms with Gasteiger partial charge in [-0.05, 0) is 46.0 Å². The van der Waals surface area contributed by atoms with E-state index in [1.807, 2.05) is 0 Å². The molecule has 1 aliphatic rings. The van der Waals surface area contributed by atoms with Crippen LogP contribution in [0.4, 0.5) is 4.79 Å². The highest BCUT2D eigenvalue weighted by molar-refractivity contribution is 6.68. The van der Waals surface area contributed by atoms with Crippen molar-refractivity contribution in [3.8, 4) is 0 Å². The van der Waals surface area contributed by atoms with Crippen LogP contribution in [0.5, 0.6) is 0 Å². The molecule has 1 amide bonds. The number of carbonyl (C=O) groups excluding carboxylic acids is 1. The summed E-state index contributed by atoms with van der Waals surface area (Å²) in [5, 5.41) is 12.0. The van der Waals surface area contributed by atoms with Crippen molar-refractivity contribution < 1.29 is 28.8 Å². The van der Waals surface area contributed by atoms with Gasteiger partial charge < -0.3 is 29.4 Å². The van der Waals surface area contributed by atoms with Gasteiger partial charge in [0.1, 0.15) is 6.10 Å². The topological polar surface area (TPSA) is 86.3 Å². The van der Waals surface area contributed by atoms with Gasteiger partial charge in [0.15, 0.2) is 11.9 Å². The predicted octanol–water partition coefficient (Wildman–Crippen LogP) is 4.34. The number of alkyl halides is 3. The number of unbranched alkanes of at least 4 members (excludes halogenated alkanes) is 3. The molecule has 29 heavy (non-hydrogen) atoms. The molecule has 172 valence electrons. The molecule has 1 aliphatic heterocycles. The predicted molar refractivity (Wildman–Crippen MR) is 114 cm³/mol. The third kappa shape index (κ3) is 11.8. The molecule has 0 aliphatic carbocycles. The maximum absolute atomic E-state index is 11.7. The summed E-state index contributed by atoms with van der Waals surface area (Å²) in [6.07, 6.45) is 5.41. The largest absolute Gasteiger partial charge is 0.439 e. The zero-order valence-electron chi connectivity index (χ0n) is 17.3. The molecule has 1 unspecified atom stereocenters. The van der Waals surface area contributed by atoms with E-state index in [9.17, 15) is 9.90 Å². The number of aliphatic hydroxyl groups is 1. The molecule has 7 nitrogen and oxygen atoms in total. The van der Waals surface area contributed by atoms with E-state index in [1.165, 1.54) is 13.8 Å². The Morgan fingerprint density at radius 1 is 1.21 bits per heavy atom. The van der Waals surface area contributed by atoms with E-state index in [-0.39, 0.29) is 19.0 Å². The Labute approximate surface area is 188 Å². The molecule has 0 saturated carbocycles. The number of nitrogens with one attached hydrogen (secondary N) is 1. The minimum atomic E-state index is -1.70. The molecule has 0 aromatic heterocycles. The number of rotatable bonds is 13. The molecule has 0 bridgehead atoms. The molecule has 0 aromatic rings. The van der Waals surface area contributed by atoms with Gasteiger partial charge in [0, 0.05) is 19.8 Å². The summed E-state index contributed by atoms with van der Waals surface area (Å²) in [6.45, 7) is 5.12. The lowest BCUT2D eigenvalue weighted by Gasteiger charge is -2.31. The standard InChI is InChI=1S/C19H34Cl3NO6/c1-18(2,19(20,21)22)29-17(25)23-10-6-3-4-7-11-26-14-15(13-24)28-16-9-5-8-12-27-16/h15-16,24H,3-14H2,1-2H3,(H,23,25)/t15-,16?/m0/s1. The Bertz CT molecular complexity index is 456. The van der Waals surface area contributed by atoms with E-state index in [1.54, 1.807) is 0 Å². The normalized spacial score (nSPS) is 19.0. The maximum atomic E-state index is 11.7. The lowest BCUT2D eigenvalue weighted by Crippen LogP contribution is -2.44. The van der Waals surface area contributed by atoms with E-state index < -0.39 is 15.5 Å². The zero-order chi connectivity index (χ0) is 21.8. The van der Waals surface area contributed by atoms with Gasteiger partial charge in [-0.15, -0.1) is 0 Å². The third-order valence-electron chi connectivity index (χ3n) is 4.50. The van der Waals surface area contributed by atoms with Crippen LogP contribution in [-0.2, 0) is 18.9 Å². The Hall–Kier alpha value is -0.0200. The maximum Gasteiger partial charge on any atom is 0.407 e. The molecular weight excluding hydrogens is 445 g/mol. The number of ether oxygens (including phenoxy) is 4. The van der Waals surface area contributed by atoms with Crippen LogP contribution in [0, 0.1) is 0 Å². The summed E-state index contributed by atoms with van der Waals surface area (Å²) < 4.78 is 20.2. The molecular formula is C19H34Cl3NO6. The fraction of sp³-hybridized carbons (Fsp3) is 0.947. The molecule has 2 atom stereocenters. The van der Waals surface area contributed by atoms with Gasteiger partial charge in [0.25, 0.3) is 0 Å². The fourth-order valence-electron chi connectivity index (χ4n) is 2.58. The number of halogens is 3. The summed E-state index contributed by atoms with van der Waals surface area (Å²) in [7, 11) is 0. The van der Waals surface area contributed by atoms with Crippen molar-refractivity contribution >= 4 is 40.9 Å². The number of hydrogen-bond donors (Lipinski definition) is 2. The second-order valence-corrected chi connectivity index (χ2v) is 9.83. The summed E-state index contributed by atoms with van der Waals surface area (Å²) in [5.74, 6) is 0. The highest BCUT2D eigenvalue weighted by Crippen LogP contribution is 2.40. The van der Waals surface area contributed by atoms with Crippen LogP contribution in [0.15, 0.2) is 0 Å². The summed E-state index contributed by atoms with van der Waals surface area (Å²) in [6, 6.07) is 0. The Balaban J connectivity index is 1.99. The number of carbonyl (C=O) groups is 1. The number of hydrogen-bond acceptors (Lipinski definition) is 6. The van der Waals surface area contributed by atoms with Crippen LogP contribution in [0.25, 0.3) is 0 Å². The first-order chi connectivity index (χ1) is 13.7. The van der Waals surface area contributed by atoms with E-state index in [2.05, 4.69) is 5.32 Å². The first kappa shape index (κ1) is 27.0. The van der Waals surface area contributed by atoms with Gasteiger partial charge in [-0.1, -0.05) is 47.6 Å². The van der Waals surface area contributed by atoms with E-state index in [0.29, 0.717) is 26.4 Å². The lowest BCUT2D eigenvalue weighted by molar-refractivity contribution is -0.204. The molecule has 1 rings (SSSR count). The lowest BCUT2D eigenvalue weighted by atomic mass is 10.2. The van der Waals surface area contributed by atoms with Gasteiger partial charge >= 0.3 is 6.09 Å². The second kappa shape index (κ2) is 14.1. The van der Waals surface area contributed by atoms with Crippen molar-refractivity contribution in [2.45, 2.75) is 80.6 Å². The van der Waals surface area contributed by atoms with Crippen molar-refractivity contribution in [2.75, 3.05) is 33.0 Å². The minimum absolute atomic E-state index is 0.0866. The average Bonchev–Trinajstić information content (AvgIpc) is 2.65. The number of amides is 1. The molecule has 10 heteroatoms. The summed E-state index contributed by atoms with van der Waals surface area (Å²) >= 11 is 17.3. The van der Waals surface area contributed by atoms with Gasteiger partial charge in [0.2, 0.25) is 3.79 Å². The van der Waals surface area contributed by atoms with Crippen molar-refractivity contribution in [3.63, 3.8) is 0 Å². The van der Waals surface area contributed by atoms with Crippen LogP contribution in [-0.4, -0.2) is 66.0 Å². The van der Waals surface area contributed by atoms with Crippen LogP contribution in [0.3, 0.4) is 0 Å². The van der Waals surface area contributed by atoms with Gasteiger partial charge in [-0.2, -0.15) is 0 Å². The molecule has 0 spiro atoms. The summed E-state index contributed by atoms with van der Waals surface area (Å²) in [5.41, 5.74) is -1.22. The van der Waals surface area contributed by atoms with E-state index >= 15 is 0 Å². The molecule has 1 heterocycles. The third-order valence-corrected chi connectivity index (χ3v) is 5.87. The first-order valence-electron chi connectivity index (χ1n) is 10.1. The van der Waals surface area contributed by atoms with Gasteiger partial charge in [-0.3, -0.25) is 0 Å². The van der Waals surface area contributed by atoms with Crippen molar-refractivity contribution in [2.24, 2.45) is 0 Å². The van der Waals surface area contributed by atoms with E-state index in [0.717, 1.165) is 44.9 Å². The Morgan fingerprint density at radius 2 is 1.93 bits per heavy atom. The second-order valence-electron chi connectivity index (χ2n) is 7.55. The average molecular weight is 479 g/mol. The van der Waals surface area contributed by atoms with Crippen LogP contribution < -0.4 is 5.32 Å². The molecule has 1 fully saturated rings. The SMILES string of the molecule is CC(C)(OC(=O)NCCCCCCOC[C@H](CO)OC1CCCCO1)C(Cl)(Cl)Cl. The Kier molecular flexibility index (Phi) is 13.2. The zero-order valence-corrected chi connectivity index (χ0v) is 19.5. The quantitative estimate of drug-likeness (QED) is 0.302. The van der Waals surface area contributed by atoms with Crippen LogP contribution in [0.2, 0.25) is 0 Å². The Morgan fingerprint density at radius 3 is 2.55 bits per heavy atom. The molecule has 2 N–H and O–H groups in total. The van der Waals surface area contributed by atoms with Crippen LogP contribution >= 0.6 is 34.8 Å². The van der Waals surface area contributed by atoms with Crippen molar-refractivity contribution in [1.82, 2.24) is 5.32 Å². The summed E-state index contributed by atoms with van der Waals surface area (Å²) in [4.78, 5) is 11.7. The van der Waals surface area contributed by atoms with Crippen molar-refractivity contribution in [3.05, 3.63) is 0 Å². The highest BCUT2D eigenvalue weighted by Gasteiger charge is 2.44. The molecule has 1 saturated heterocycles. The smallest absolute Gasteiger partial charge is 0.407 e. The van der Waals surface area contributed by atoms with Crippen molar-refractivity contribution in [1.29, 1.82) is 0 Å². The number of aliphatic hydroxyl groups excluding tert-OH is 1. The molecule has 0 aromatic carbocycles. The number of alkyl carbamates (subject to hydrolysis) is 1. The van der Waals surface area contributed by atoms with Gasteiger partial charge in [-0.25, -0.2) is 4.79 Å². The van der Waals surface area contributed by atoms with Gasteiger partial charge in [0.05, 0.1) is 13.2 Å². The van der Waals surface area contributed by atoms with Crippen LogP contribution in [0.1, 0.15) is 58.8 Å². The first-order valence-corrected chi connectivity index (χ1v) is 11.3. The molecule has 0 radical (unpaired) electrons. The van der Waals surface area contributed by atoms with E-state index in [4.69, 9.17) is 53.8 Å². The monoisotopic (exact) mass is 477 g/mol.